The normalized spacial score (nSPS) is 12.9. The summed E-state index contributed by atoms with van der Waals surface area (Å²) < 4.78 is 5.70. The van der Waals surface area contributed by atoms with Gasteiger partial charge in [-0.25, -0.2) is 0 Å². The average Bonchev–Trinajstić information content (AvgIpc) is 2.72. The molecular weight excluding hydrogens is 386 g/mol. The number of carbonyl (C=O) groups excluding carboxylic acids is 1. The fraction of sp³-hybridized carbons (Fsp3) is 0.609. The van der Waals surface area contributed by atoms with Gasteiger partial charge in [-0.1, -0.05) is 39.0 Å². The molecule has 30 heavy (non-hydrogen) atoms. The highest BCUT2D eigenvalue weighted by Gasteiger charge is 2.23. The minimum absolute atomic E-state index is 0.0507. The van der Waals surface area contributed by atoms with Crippen LogP contribution in [0.5, 0.6) is 5.75 Å². The Hall–Kier alpha value is -2.41. The van der Waals surface area contributed by atoms with E-state index in [-0.39, 0.29) is 12.2 Å². The molecule has 1 rings (SSSR count). The first kappa shape index (κ1) is 25.6. The molecule has 0 saturated carbocycles. The van der Waals surface area contributed by atoms with Gasteiger partial charge in [-0.15, -0.1) is 0 Å². The molecule has 2 atom stereocenters. The number of carboxylic acids is 2. The van der Waals surface area contributed by atoms with Crippen molar-refractivity contribution in [2.75, 3.05) is 6.61 Å². The number of carbonyl (C=O) groups is 3. The molecule has 1 unspecified atom stereocenters. The molecule has 7 nitrogen and oxygen atoms in total. The largest absolute Gasteiger partial charge is 0.494 e. The molecule has 0 bridgehead atoms. The van der Waals surface area contributed by atoms with E-state index in [1.807, 2.05) is 12.1 Å². The van der Waals surface area contributed by atoms with Crippen LogP contribution in [0.4, 0.5) is 0 Å². The zero-order chi connectivity index (χ0) is 22.4. The molecule has 4 N–H and O–H groups in total. The number of hydrogen-bond donors (Lipinski definition) is 3. The molecule has 0 radical (unpaired) electrons. The Morgan fingerprint density at radius 1 is 0.933 bits per heavy atom. The Bertz CT molecular complexity index is 658. The Kier molecular flexibility index (Phi) is 12.4. The summed E-state index contributed by atoms with van der Waals surface area (Å²) in [4.78, 5) is 34.1. The summed E-state index contributed by atoms with van der Waals surface area (Å²) in [7, 11) is 0. The van der Waals surface area contributed by atoms with Crippen LogP contribution in [-0.4, -0.2) is 40.6 Å². The summed E-state index contributed by atoms with van der Waals surface area (Å²) in [5, 5.41) is 18.0. The Balaban J connectivity index is 2.20. The van der Waals surface area contributed by atoms with E-state index in [1.54, 1.807) is 12.1 Å². The van der Waals surface area contributed by atoms with Crippen LogP contribution in [-0.2, 0) is 9.59 Å². The van der Waals surface area contributed by atoms with E-state index in [0.29, 0.717) is 31.4 Å². The molecule has 0 fully saturated rings. The van der Waals surface area contributed by atoms with Gasteiger partial charge >= 0.3 is 11.9 Å². The molecule has 0 aliphatic heterocycles. The van der Waals surface area contributed by atoms with E-state index in [1.165, 1.54) is 0 Å². The third-order valence-corrected chi connectivity index (χ3v) is 5.10. The highest BCUT2D eigenvalue weighted by Crippen LogP contribution is 2.18. The molecule has 0 aliphatic carbocycles. The lowest BCUT2D eigenvalue weighted by Gasteiger charge is -2.14. The van der Waals surface area contributed by atoms with E-state index in [0.717, 1.165) is 44.3 Å². The van der Waals surface area contributed by atoms with Crippen molar-refractivity contribution >= 4 is 17.7 Å². The SMILES string of the molecule is CCCCCC(=O)c1ccc(OCCCCCCC(C[C@H](N)C(=O)O)C(=O)O)cc1. The molecule has 1 aromatic rings. The van der Waals surface area contributed by atoms with Crippen molar-refractivity contribution in [2.45, 2.75) is 77.2 Å². The topological polar surface area (TPSA) is 127 Å². The van der Waals surface area contributed by atoms with Gasteiger partial charge < -0.3 is 20.7 Å². The number of nitrogens with two attached hydrogens (primary N) is 1. The van der Waals surface area contributed by atoms with Crippen LogP contribution >= 0.6 is 0 Å². The summed E-state index contributed by atoms with van der Waals surface area (Å²) in [6.07, 6.45) is 7.33. The fourth-order valence-electron chi connectivity index (χ4n) is 3.20. The fourth-order valence-corrected chi connectivity index (χ4v) is 3.20. The molecule has 0 amide bonds. The number of rotatable bonds is 17. The zero-order valence-corrected chi connectivity index (χ0v) is 17.8. The molecule has 0 saturated heterocycles. The lowest BCUT2D eigenvalue weighted by atomic mass is 9.94. The first-order valence-electron chi connectivity index (χ1n) is 10.8. The molecule has 0 aromatic heterocycles. The van der Waals surface area contributed by atoms with Crippen molar-refractivity contribution < 1.29 is 29.3 Å². The van der Waals surface area contributed by atoms with E-state index in [2.05, 4.69) is 6.92 Å². The van der Waals surface area contributed by atoms with Gasteiger partial charge in [-0.2, -0.15) is 0 Å². The number of aliphatic carboxylic acids is 2. The molecule has 168 valence electrons. The standard InChI is InChI=1S/C23H35NO6/c1-2-3-6-10-21(25)17-11-13-19(14-12-17)30-15-8-5-4-7-9-18(22(26)27)16-20(24)23(28)29/h11-14,18,20H,2-10,15-16,24H2,1H3,(H,26,27)(H,28,29)/t18?,20-/m0/s1. The zero-order valence-electron chi connectivity index (χ0n) is 17.8. The van der Waals surface area contributed by atoms with Crippen LogP contribution in [0.2, 0.25) is 0 Å². The maximum atomic E-state index is 12.1. The predicted octanol–water partition coefficient (Wildman–Crippen LogP) is 4.28. The summed E-state index contributed by atoms with van der Waals surface area (Å²) in [5.74, 6) is -2.00. The van der Waals surface area contributed by atoms with Crippen LogP contribution in [0.3, 0.4) is 0 Å². The number of unbranched alkanes of at least 4 members (excludes halogenated alkanes) is 5. The first-order chi connectivity index (χ1) is 14.3. The van der Waals surface area contributed by atoms with Crippen molar-refractivity contribution in [1.29, 1.82) is 0 Å². The van der Waals surface area contributed by atoms with Crippen LogP contribution in [0, 0.1) is 5.92 Å². The van der Waals surface area contributed by atoms with Crippen molar-refractivity contribution in [3.05, 3.63) is 29.8 Å². The van der Waals surface area contributed by atoms with E-state index < -0.39 is 23.9 Å². The van der Waals surface area contributed by atoms with E-state index >= 15 is 0 Å². The van der Waals surface area contributed by atoms with Crippen molar-refractivity contribution in [3.8, 4) is 5.75 Å². The Morgan fingerprint density at radius 3 is 2.20 bits per heavy atom. The lowest BCUT2D eigenvalue weighted by Crippen LogP contribution is -2.34. The number of carboxylic acid groups (broad SMARTS) is 2. The number of ketones is 1. The van der Waals surface area contributed by atoms with Gasteiger partial charge in [-0.3, -0.25) is 14.4 Å². The summed E-state index contributed by atoms with van der Waals surface area (Å²) in [6.45, 7) is 2.66. The van der Waals surface area contributed by atoms with Gasteiger partial charge in [0.25, 0.3) is 0 Å². The number of Topliss-reactive ketones (excluding diaryl/α,β-unsaturated/α-hetero) is 1. The monoisotopic (exact) mass is 421 g/mol. The number of ether oxygens (including phenoxy) is 1. The Morgan fingerprint density at radius 2 is 1.60 bits per heavy atom. The maximum Gasteiger partial charge on any atom is 0.320 e. The third kappa shape index (κ3) is 10.4. The van der Waals surface area contributed by atoms with Gasteiger partial charge in [0.2, 0.25) is 0 Å². The Labute approximate surface area is 178 Å². The summed E-state index contributed by atoms with van der Waals surface area (Å²) in [5.41, 5.74) is 6.15. The predicted molar refractivity (Wildman–Crippen MR) is 115 cm³/mol. The molecule has 0 heterocycles. The van der Waals surface area contributed by atoms with E-state index in [4.69, 9.17) is 15.6 Å². The number of benzene rings is 1. The van der Waals surface area contributed by atoms with Gasteiger partial charge in [0.15, 0.2) is 5.78 Å². The van der Waals surface area contributed by atoms with Crippen molar-refractivity contribution in [1.82, 2.24) is 0 Å². The molecule has 0 aliphatic rings. The minimum atomic E-state index is -1.17. The van der Waals surface area contributed by atoms with Gasteiger partial charge in [0.05, 0.1) is 12.5 Å². The average molecular weight is 422 g/mol. The molecule has 0 spiro atoms. The maximum absolute atomic E-state index is 12.1. The molecule has 1 aromatic carbocycles. The summed E-state index contributed by atoms with van der Waals surface area (Å²) in [6, 6.07) is 6.10. The van der Waals surface area contributed by atoms with Crippen LogP contribution in [0.15, 0.2) is 24.3 Å². The summed E-state index contributed by atoms with van der Waals surface area (Å²) >= 11 is 0. The number of hydrogen-bond acceptors (Lipinski definition) is 5. The first-order valence-corrected chi connectivity index (χ1v) is 10.8. The third-order valence-electron chi connectivity index (χ3n) is 5.10. The second-order valence-corrected chi connectivity index (χ2v) is 7.67. The molecule has 7 heteroatoms. The van der Waals surface area contributed by atoms with E-state index in [9.17, 15) is 19.5 Å². The van der Waals surface area contributed by atoms with Crippen molar-refractivity contribution in [2.24, 2.45) is 11.7 Å². The van der Waals surface area contributed by atoms with Crippen LogP contribution in [0.1, 0.15) is 81.5 Å². The van der Waals surface area contributed by atoms with Crippen LogP contribution < -0.4 is 10.5 Å². The van der Waals surface area contributed by atoms with Crippen LogP contribution in [0.25, 0.3) is 0 Å². The minimum Gasteiger partial charge on any atom is -0.494 e. The second kappa shape index (κ2) is 14.6. The quantitative estimate of drug-likeness (QED) is 0.253. The van der Waals surface area contributed by atoms with Gasteiger partial charge in [0.1, 0.15) is 11.8 Å². The van der Waals surface area contributed by atoms with Crippen molar-refractivity contribution in [3.63, 3.8) is 0 Å². The highest BCUT2D eigenvalue weighted by molar-refractivity contribution is 5.96. The molecular formula is C23H35NO6. The van der Waals surface area contributed by atoms with Gasteiger partial charge in [-0.05, 0) is 49.9 Å². The lowest BCUT2D eigenvalue weighted by molar-refractivity contribution is -0.143. The smallest absolute Gasteiger partial charge is 0.320 e. The highest BCUT2D eigenvalue weighted by atomic mass is 16.5. The second-order valence-electron chi connectivity index (χ2n) is 7.67. The van der Waals surface area contributed by atoms with Gasteiger partial charge in [0, 0.05) is 12.0 Å².